The average molecular weight is 453 g/mol. The molecule has 28 heavy (non-hydrogen) atoms. The van der Waals surface area contributed by atoms with Gasteiger partial charge in [-0.1, -0.05) is 0 Å². The number of halogens is 1. The van der Waals surface area contributed by atoms with Crippen LogP contribution in [-0.2, 0) is 9.47 Å². The minimum atomic E-state index is 0.0595. The largest absolute Gasteiger partial charge is 0.475 e. The van der Waals surface area contributed by atoms with E-state index >= 15 is 0 Å². The Morgan fingerprint density at radius 2 is 2.11 bits per heavy atom. The molecule has 2 aliphatic heterocycles. The number of nitrogens with zero attached hydrogens (tertiary/aromatic N) is 4. The van der Waals surface area contributed by atoms with Crippen LogP contribution in [0.3, 0.4) is 0 Å². The van der Waals surface area contributed by atoms with Gasteiger partial charge in [0.15, 0.2) is 0 Å². The lowest BCUT2D eigenvalue weighted by molar-refractivity contribution is 0.0652. The van der Waals surface area contributed by atoms with Crippen molar-refractivity contribution in [1.82, 2.24) is 19.7 Å². The van der Waals surface area contributed by atoms with Crippen LogP contribution in [0.4, 0.5) is 17.5 Å². The molecule has 1 atom stereocenters. The summed E-state index contributed by atoms with van der Waals surface area (Å²) in [5.74, 6) is 1.79. The van der Waals surface area contributed by atoms with Crippen molar-refractivity contribution in [1.29, 1.82) is 0 Å². The number of anilines is 3. The Hall–Kier alpha value is -1.91. The zero-order valence-electron chi connectivity index (χ0n) is 16.1. The molecule has 2 bridgehead atoms. The first kappa shape index (κ1) is 19.4. The summed E-state index contributed by atoms with van der Waals surface area (Å²) in [5, 5.41) is 11.5. The zero-order valence-corrected chi connectivity index (χ0v) is 17.7. The first-order valence-electron chi connectivity index (χ1n) is 9.50. The van der Waals surface area contributed by atoms with Gasteiger partial charge >= 0.3 is 0 Å². The second-order valence-electron chi connectivity index (χ2n) is 7.00. The van der Waals surface area contributed by atoms with Crippen LogP contribution < -0.4 is 15.4 Å². The maximum absolute atomic E-state index is 6.07. The van der Waals surface area contributed by atoms with Crippen LogP contribution in [0, 0.1) is 6.92 Å². The van der Waals surface area contributed by atoms with E-state index in [-0.39, 0.29) is 6.04 Å². The van der Waals surface area contributed by atoms with Crippen molar-refractivity contribution in [2.45, 2.75) is 38.3 Å². The molecule has 2 aliphatic rings. The fraction of sp³-hybridized carbons (Fsp3) is 0.611. The third kappa shape index (κ3) is 4.08. The highest BCUT2D eigenvalue weighted by atomic mass is 79.9. The molecule has 2 aromatic heterocycles. The molecule has 4 heterocycles. The number of methoxy groups -OCH3 is 1. The molecule has 0 spiro atoms. The molecule has 2 N–H and O–H groups in total. The van der Waals surface area contributed by atoms with Crippen molar-refractivity contribution >= 4 is 33.4 Å². The summed E-state index contributed by atoms with van der Waals surface area (Å²) in [6.07, 6.45) is 4.38. The van der Waals surface area contributed by atoms with Gasteiger partial charge < -0.3 is 24.8 Å². The minimum absolute atomic E-state index is 0.0595. The van der Waals surface area contributed by atoms with Crippen LogP contribution >= 0.6 is 15.9 Å². The first-order valence-corrected chi connectivity index (χ1v) is 10.3. The fourth-order valence-corrected chi connectivity index (χ4v) is 3.86. The summed E-state index contributed by atoms with van der Waals surface area (Å²) in [6.45, 7) is 4.62. The van der Waals surface area contributed by atoms with Crippen molar-refractivity contribution in [2.24, 2.45) is 0 Å². The van der Waals surface area contributed by atoms with Crippen molar-refractivity contribution < 1.29 is 14.2 Å². The highest BCUT2D eigenvalue weighted by molar-refractivity contribution is 9.10. The molecule has 9 nitrogen and oxygen atoms in total. The van der Waals surface area contributed by atoms with Gasteiger partial charge in [0.2, 0.25) is 5.95 Å². The molecule has 10 heteroatoms. The quantitative estimate of drug-likeness (QED) is 0.733. The lowest BCUT2D eigenvalue weighted by atomic mass is 10.1. The standard InChI is InChI=1S/C18H25BrN6O3/c1-11-15-17(24-25(11)13-4-6-27-7-5-13)28-8-3-12(10-26-2)21-16-14(19)9-20-18(22-15)23-16/h9,12-13H,3-8,10H2,1-2H3,(H2,20,21,22,23). The van der Waals surface area contributed by atoms with Crippen LogP contribution in [0.5, 0.6) is 5.88 Å². The van der Waals surface area contributed by atoms with Gasteiger partial charge in [-0.3, -0.25) is 4.68 Å². The number of aromatic nitrogens is 4. The Balaban J connectivity index is 1.69. The monoisotopic (exact) mass is 452 g/mol. The zero-order chi connectivity index (χ0) is 19.5. The number of ether oxygens (including phenoxy) is 3. The Bertz CT molecular complexity index is 824. The Morgan fingerprint density at radius 3 is 2.89 bits per heavy atom. The van der Waals surface area contributed by atoms with Crippen LogP contribution in [0.15, 0.2) is 10.7 Å². The van der Waals surface area contributed by atoms with E-state index in [1.807, 2.05) is 6.92 Å². The van der Waals surface area contributed by atoms with Crippen molar-refractivity contribution in [3.63, 3.8) is 0 Å². The van der Waals surface area contributed by atoms with E-state index in [2.05, 4.69) is 41.2 Å². The maximum atomic E-state index is 6.07. The minimum Gasteiger partial charge on any atom is -0.475 e. The lowest BCUT2D eigenvalue weighted by Gasteiger charge is -2.23. The highest BCUT2D eigenvalue weighted by Crippen LogP contribution is 2.35. The molecule has 152 valence electrons. The Kier molecular flexibility index (Phi) is 5.98. The second kappa shape index (κ2) is 8.62. The van der Waals surface area contributed by atoms with Gasteiger partial charge in [-0.25, -0.2) is 4.98 Å². The van der Waals surface area contributed by atoms with Gasteiger partial charge in [0.25, 0.3) is 5.88 Å². The summed E-state index contributed by atoms with van der Waals surface area (Å²) in [6, 6.07) is 0.369. The molecule has 0 aliphatic carbocycles. The number of rotatable bonds is 3. The molecule has 1 saturated heterocycles. The normalized spacial score (nSPS) is 20.3. The van der Waals surface area contributed by atoms with Gasteiger partial charge in [-0.05, 0) is 35.7 Å². The Labute approximate surface area is 172 Å². The maximum Gasteiger partial charge on any atom is 0.257 e. The van der Waals surface area contributed by atoms with Crippen molar-refractivity contribution in [3.05, 3.63) is 16.4 Å². The number of hydrogen-bond acceptors (Lipinski definition) is 8. The van der Waals surface area contributed by atoms with E-state index in [0.29, 0.717) is 31.1 Å². The van der Waals surface area contributed by atoms with E-state index in [1.54, 1.807) is 13.3 Å². The third-order valence-corrected chi connectivity index (χ3v) is 5.63. The summed E-state index contributed by atoms with van der Waals surface area (Å²) >= 11 is 3.51. The molecule has 4 rings (SSSR count). The molecule has 0 aromatic carbocycles. The van der Waals surface area contributed by atoms with Crippen LogP contribution in [-0.4, -0.2) is 59.3 Å². The fourth-order valence-electron chi connectivity index (χ4n) is 3.55. The van der Waals surface area contributed by atoms with E-state index in [9.17, 15) is 0 Å². The van der Waals surface area contributed by atoms with Crippen molar-refractivity contribution in [3.8, 4) is 5.88 Å². The molecular formula is C18H25BrN6O3. The summed E-state index contributed by atoms with van der Waals surface area (Å²) in [7, 11) is 1.69. The van der Waals surface area contributed by atoms with Crippen molar-refractivity contribution in [2.75, 3.05) is 44.2 Å². The molecule has 1 fully saturated rings. The number of nitrogens with one attached hydrogen (secondary N) is 2. The second-order valence-corrected chi connectivity index (χ2v) is 7.86. The molecule has 2 aromatic rings. The van der Waals surface area contributed by atoms with E-state index in [1.165, 1.54) is 0 Å². The third-order valence-electron chi connectivity index (χ3n) is 5.05. The van der Waals surface area contributed by atoms with Crippen LogP contribution in [0.1, 0.15) is 31.0 Å². The molecule has 0 radical (unpaired) electrons. The van der Waals surface area contributed by atoms with Gasteiger partial charge in [0.05, 0.1) is 35.5 Å². The molecule has 0 amide bonds. The summed E-state index contributed by atoms with van der Waals surface area (Å²) < 4.78 is 19.8. The Morgan fingerprint density at radius 1 is 1.29 bits per heavy atom. The molecular weight excluding hydrogens is 428 g/mol. The van der Waals surface area contributed by atoms with Gasteiger partial charge in [0.1, 0.15) is 11.5 Å². The number of fused-ring (bicyclic) bond motifs is 3. The van der Waals surface area contributed by atoms with Crippen LogP contribution in [0.2, 0.25) is 0 Å². The highest BCUT2D eigenvalue weighted by Gasteiger charge is 2.25. The van der Waals surface area contributed by atoms with E-state index in [4.69, 9.17) is 19.3 Å². The number of hydrogen-bond donors (Lipinski definition) is 2. The predicted octanol–water partition coefficient (Wildman–Crippen LogP) is 3.05. The van der Waals surface area contributed by atoms with Gasteiger partial charge in [-0.2, -0.15) is 4.98 Å². The van der Waals surface area contributed by atoms with Crippen LogP contribution in [0.25, 0.3) is 0 Å². The average Bonchev–Trinajstić information content (AvgIpc) is 2.99. The van der Waals surface area contributed by atoms with E-state index in [0.717, 1.165) is 54.1 Å². The summed E-state index contributed by atoms with van der Waals surface area (Å²) in [4.78, 5) is 9.01. The van der Waals surface area contributed by atoms with E-state index < -0.39 is 0 Å². The lowest BCUT2D eigenvalue weighted by Crippen LogP contribution is -2.28. The first-order chi connectivity index (χ1) is 13.7. The smallest absolute Gasteiger partial charge is 0.257 e. The molecule has 1 unspecified atom stereocenters. The summed E-state index contributed by atoms with van der Waals surface area (Å²) in [5.41, 5.74) is 1.82. The van der Waals surface area contributed by atoms with Gasteiger partial charge in [-0.15, -0.1) is 5.10 Å². The van der Waals surface area contributed by atoms with Gasteiger partial charge in [0, 0.05) is 32.9 Å². The molecule has 0 saturated carbocycles. The predicted molar refractivity (Wildman–Crippen MR) is 108 cm³/mol. The topological polar surface area (TPSA) is 95.4 Å². The SMILES string of the molecule is COCC1CCOc2nn(C3CCOCC3)c(C)c2Nc2ncc(Br)c(n2)N1.